The van der Waals surface area contributed by atoms with Crippen LogP contribution in [-0.4, -0.2) is 140 Å². The summed E-state index contributed by atoms with van der Waals surface area (Å²) in [7, 11) is 0. The van der Waals surface area contributed by atoms with E-state index in [0.29, 0.717) is 6.42 Å². The standard InChI is InChI=1S/C71H133NO13/c1-3-5-7-9-11-13-15-17-19-21-23-24-25-26-27-28-29-30-31-32-33-34-35-36-37-39-41-43-45-47-49-51-53-55-63(76)72-59(60(75)54-52-50-48-46-44-42-40-38-22-20-18-16-14-12-10-8-6-4-2)58-82-70-68(81)66(79)69(62(57-74)84-70)85-71-67(80)65(78)64(77)61(56-73)83-71/h15,17,21,23,52,54,59-62,64-71,73-75,77-81H,3-14,16,18-20,22,24-51,53,55-58H2,1-2H3,(H,72,76)/b17-15-,23-21-,54-52+. The molecule has 2 rings (SSSR count). The molecule has 12 unspecified atom stereocenters. The Hall–Kier alpha value is -1.79. The first-order valence-electron chi connectivity index (χ1n) is 35.7. The SMILES string of the molecule is CCCCCCC/C=C\C/C=C\CCCCCCCCCCCCCCCCCCCCCCCC(=O)NC(COC1OC(CO)C(OC2OC(CO)C(O)C(O)C2O)C(O)C1O)C(O)/C=C/CCCCCCCCCCCCCCCCCC. The van der Waals surface area contributed by atoms with Crippen LogP contribution in [-0.2, 0) is 23.7 Å². The highest BCUT2D eigenvalue weighted by Gasteiger charge is 2.51. The van der Waals surface area contributed by atoms with Crippen LogP contribution in [0.3, 0.4) is 0 Å². The van der Waals surface area contributed by atoms with Gasteiger partial charge in [0.05, 0.1) is 32.0 Å². The second kappa shape index (κ2) is 56.2. The van der Waals surface area contributed by atoms with Gasteiger partial charge in [-0.3, -0.25) is 4.79 Å². The lowest BCUT2D eigenvalue weighted by Gasteiger charge is -2.46. The van der Waals surface area contributed by atoms with Crippen LogP contribution in [0.5, 0.6) is 0 Å². The summed E-state index contributed by atoms with van der Waals surface area (Å²) < 4.78 is 22.9. The van der Waals surface area contributed by atoms with Crippen molar-refractivity contribution in [3.63, 3.8) is 0 Å². The van der Waals surface area contributed by atoms with Crippen LogP contribution in [0.4, 0.5) is 0 Å². The van der Waals surface area contributed by atoms with Crippen LogP contribution >= 0.6 is 0 Å². The van der Waals surface area contributed by atoms with Crippen LogP contribution in [0.25, 0.3) is 0 Å². The predicted octanol–water partition coefficient (Wildman–Crippen LogP) is 14.5. The number of hydrogen-bond donors (Lipinski definition) is 9. The largest absolute Gasteiger partial charge is 0.394 e. The molecule has 2 aliphatic heterocycles. The molecule has 14 heteroatoms. The lowest BCUT2D eigenvalue weighted by molar-refractivity contribution is -0.359. The molecule has 0 aliphatic carbocycles. The minimum atomic E-state index is -1.79. The summed E-state index contributed by atoms with van der Waals surface area (Å²) in [5, 5.41) is 87.4. The Morgan fingerprint density at radius 3 is 1.18 bits per heavy atom. The molecule has 2 heterocycles. The number of rotatable bonds is 59. The Morgan fingerprint density at radius 2 is 0.776 bits per heavy atom. The van der Waals surface area contributed by atoms with Gasteiger partial charge in [-0.1, -0.05) is 294 Å². The van der Waals surface area contributed by atoms with Gasteiger partial charge in [0, 0.05) is 6.42 Å². The number of allylic oxidation sites excluding steroid dienone is 5. The summed E-state index contributed by atoms with van der Waals surface area (Å²) in [4.78, 5) is 13.3. The van der Waals surface area contributed by atoms with Gasteiger partial charge < -0.3 is 65.1 Å². The zero-order chi connectivity index (χ0) is 61.6. The van der Waals surface area contributed by atoms with E-state index in [1.54, 1.807) is 6.08 Å². The maximum absolute atomic E-state index is 13.3. The highest BCUT2D eigenvalue weighted by atomic mass is 16.7. The molecule has 9 N–H and O–H groups in total. The first-order chi connectivity index (χ1) is 41.6. The summed E-state index contributed by atoms with van der Waals surface area (Å²) in [6.07, 6.45) is 54.9. The summed E-state index contributed by atoms with van der Waals surface area (Å²) in [6, 6.07) is -0.913. The molecule has 0 bridgehead atoms. The van der Waals surface area contributed by atoms with E-state index in [-0.39, 0.29) is 18.9 Å². The van der Waals surface area contributed by atoms with Crippen molar-refractivity contribution in [3.8, 4) is 0 Å². The van der Waals surface area contributed by atoms with Crippen LogP contribution in [0.2, 0.25) is 0 Å². The fraction of sp³-hybridized carbons (Fsp3) is 0.901. The van der Waals surface area contributed by atoms with Gasteiger partial charge in [0.2, 0.25) is 5.91 Å². The van der Waals surface area contributed by atoms with Gasteiger partial charge in [-0.05, 0) is 51.4 Å². The van der Waals surface area contributed by atoms with Gasteiger partial charge in [-0.25, -0.2) is 0 Å². The van der Waals surface area contributed by atoms with Gasteiger partial charge in [0.15, 0.2) is 12.6 Å². The quantitative estimate of drug-likeness (QED) is 0.0204. The maximum Gasteiger partial charge on any atom is 0.220 e. The second-order valence-electron chi connectivity index (χ2n) is 25.4. The van der Waals surface area contributed by atoms with Gasteiger partial charge in [0.1, 0.15) is 48.8 Å². The van der Waals surface area contributed by atoms with E-state index in [1.165, 1.54) is 244 Å². The maximum atomic E-state index is 13.3. The zero-order valence-electron chi connectivity index (χ0n) is 54.4. The molecule has 0 radical (unpaired) electrons. The van der Waals surface area contributed by atoms with Crippen LogP contribution in [0.1, 0.15) is 316 Å². The molecule has 14 nitrogen and oxygen atoms in total. The lowest BCUT2D eigenvalue weighted by atomic mass is 9.97. The van der Waals surface area contributed by atoms with E-state index >= 15 is 0 Å². The van der Waals surface area contributed by atoms with E-state index in [9.17, 15) is 45.6 Å². The summed E-state index contributed by atoms with van der Waals surface area (Å²) in [5.74, 6) is -0.233. The average Bonchev–Trinajstić information content (AvgIpc) is 3.29. The summed E-state index contributed by atoms with van der Waals surface area (Å²) >= 11 is 0. The molecule has 2 aliphatic rings. The molecule has 0 aromatic rings. The van der Waals surface area contributed by atoms with Crippen molar-refractivity contribution < 1.29 is 64.6 Å². The zero-order valence-corrected chi connectivity index (χ0v) is 54.4. The Labute approximate surface area is 519 Å². The molecule has 1 amide bonds. The Bertz CT molecular complexity index is 1560. The van der Waals surface area contributed by atoms with Crippen molar-refractivity contribution in [2.75, 3.05) is 19.8 Å². The number of amides is 1. The molecule has 85 heavy (non-hydrogen) atoms. The third-order valence-corrected chi connectivity index (χ3v) is 17.6. The van der Waals surface area contributed by atoms with E-state index in [4.69, 9.17) is 18.9 Å². The van der Waals surface area contributed by atoms with Crippen molar-refractivity contribution in [1.82, 2.24) is 5.32 Å². The fourth-order valence-corrected chi connectivity index (χ4v) is 11.9. The molecule has 2 fully saturated rings. The van der Waals surface area contributed by atoms with Crippen LogP contribution in [0.15, 0.2) is 36.5 Å². The minimum absolute atomic E-state index is 0.233. The van der Waals surface area contributed by atoms with E-state index in [0.717, 1.165) is 44.9 Å². The van der Waals surface area contributed by atoms with E-state index < -0.39 is 86.8 Å². The van der Waals surface area contributed by atoms with Crippen molar-refractivity contribution in [1.29, 1.82) is 0 Å². The number of aliphatic hydroxyl groups excluding tert-OH is 8. The highest BCUT2D eigenvalue weighted by Crippen LogP contribution is 2.30. The topological polar surface area (TPSA) is 228 Å². The summed E-state index contributed by atoms with van der Waals surface area (Å²) in [5.41, 5.74) is 0. The molecule has 2 saturated heterocycles. The van der Waals surface area contributed by atoms with Crippen molar-refractivity contribution in [2.45, 2.75) is 389 Å². The van der Waals surface area contributed by atoms with Gasteiger partial charge >= 0.3 is 0 Å². The van der Waals surface area contributed by atoms with Gasteiger partial charge in [0.25, 0.3) is 0 Å². The minimum Gasteiger partial charge on any atom is -0.394 e. The van der Waals surface area contributed by atoms with E-state index in [2.05, 4.69) is 43.5 Å². The van der Waals surface area contributed by atoms with E-state index in [1.807, 2.05) is 6.08 Å². The van der Waals surface area contributed by atoms with Gasteiger partial charge in [-0.2, -0.15) is 0 Å². The third kappa shape index (κ3) is 40.5. The second-order valence-corrected chi connectivity index (χ2v) is 25.4. The molecular formula is C71H133NO13. The predicted molar refractivity (Wildman–Crippen MR) is 346 cm³/mol. The smallest absolute Gasteiger partial charge is 0.220 e. The Balaban J connectivity index is 1.63. The van der Waals surface area contributed by atoms with Crippen molar-refractivity contribution in [3.05, 3.63) is 36.5 Å². The highest BCUT2D eigenvalue weighted by molar-refractivity contribution is 5.76. The first-order valence-corrected chi connectivity index (χ1v) is 35.7. The van der Waals surface area contributed by atoms with Crippen LogP contribution in [0, 0.1) is 0 Å². The molecule has 0 spiro atoms. The molecular weight excluding hydrogens is 1070 g/mol. The molecule has 0 aromatic carbocycles. The number of nitrogens with one attached hydrogen (secondary N) is 1. The molecule has 500 valence electrons. The summed E-state index contributed by atoms with van der Waals surface area (Å²) in [6.45, 7) is 2.83. The normalized spacial score (nSPS) is 23.7. The molecule has 0 aromatic heterocycles. The number of ether oxygens (including phenoxy) is 4. The molecule has 12 atom stereocenters. The average molecular weight is 1210 g/mol. The van der Waals surface area contributed by atoms with Crippen molar-refractivity contribution in [2.24, 2.45) is 0 Å². The number of unbranched alkanes of at least 4 members (excludes halogenated alkanes) is 42. The Morgan fingerprint density at radius 1 is 0.424 bits per heavy atom. The monoisotopic (exact) mass is 1210 g/mol. The van der Waals surface area contributed by atoms with Crippen molar-refractivity contribution >= 4 is 5.91 Å². The first kappa shape index (κ1) is 79.3. The van der Waals surface area contributed by atoms with Gasteiger partial charge in [-0.15, -0.1) is 0 Å². The third-order valence-electron chi connectivity index (χ3n) is 17.6. The number of carbonyl (C=O) groups excluding carboxylic acids is 1. The van der Waals surface area contributed by atoms with Crippen LogP contribution < -0.4 is 5.32 Å². The number of carbonyl (C=O) groups is 1. The number of hydrogen-bond acceptors (Lipinski definition) is 13. The number of aliphatic hydroxyl groups is 8. The Kier molecular flexibility index (Phi) is 52.4. The lowest BCUT2D eigenvalue weighted by Crippen LogP contribution is -2.65. The fourth-order valence-electron chi connectivity index (χ4n) is 11.9. The molecule has 0 saturated carbocycles.